The third-order valence-corrected chi connectivity index (χ3v) is 8.26. The van der Waals surface area contributed by atoms with Crippen LogP contribution in [0.5, 0.6) is 0 Å². The van der Waals surface area contributed by atoms with Crippen LogP contribution in [0.2, 0.25) is 0 Å². The van der Waals surface area contributed by atoms with Gasteiger partial charge in [0.05, 0.1) is 12.8 Å². The minimum Gasteiger partial charge on any atom is -0.457 e. The van der Waals surface area contributed by atoms with Gasteiger partial charge in [-0.2, -0.15) is 0 Å². The molecule has 0 aromatic heterocycles. The molecule has 10 heteroatoms. The van der Waals surface area contributed by atoms with E-state index < -0.39 is 36.0 Å². The highest BCUT2D eigenvalue weighted by Gasteiger charge is 2.29. The number of allylic oxidation sites excluding steroid dienone is 1. The van der Waals surface area contributed by atoms with Gasteiger partial charge in [0.2, 0.25) is 17.7 Å². The van der Waals surface area contributed by atoms with Crippen molar-refractivity contribution in [3.63, 3.8) is 0 Å². The fourth-order valence-corrected chi connectivity index (χ4v) is 6.16. The molecule has 3 N–H and O–H groups in total. The van der Waals surface area contributed by atoms with E-state index in [2.05, 4.69) is 16.0 Å². The topological polar surface area (TPSA) is 114 Å². The lowest BCUT2D eigenvalue weighted by molar-refractivity contribution is -0.147. The summed E-state index contributed by atoms with van der Waals surface area (Å²) >= 11 is 0. The van der Waals surface area contributed by atoms with Gasteiger partial charge in [-0.25, -0.2) is 0 Å². The maximum Gasteiger partial charge on any atom is 0.310 e. The highest BCUT2D eigenvalue weighted by Crippen LogP contribution is 2.24. The van der Waals surface area contributed by atoms with Crippen LogP contribution < -0.4 is 16.0 Å². The first-order valence-electron chi connectivity index (χ1n) is 12.1. The van der Waals surface area contributed by atoms with Crippen LogP contribution in [-0.4, -0.2) is 53.4 Å². The molecule has 194 valence electrons. The summed E-state index contributed by atoms with van der Waals surface area (Å²) in [6.07, 6.45) is 3.69. The molecule has 0 aliphatic carbocycles. The Balaban J connectivity index is 1.69. The van der Waals surface area contributed by atoms with Crippen LogP contribution in [-0.2, 0) is 36.8 Å². The molecule has 0 saturated heterocycles. The van der Waals surface area contributed by atoms with E-state index in [1.807, 2.05) is 36.4 Å². The summed E-state index contributed by atoms with van der Waals surface area (Å²) in [7, 11) is 3.08. The van der Waals surface area contributed by atoms with Gasteiger partial charge in [-0.15, -0.1) is 0 Å². The van der Waals surface area contributed by atoms with E-state index in [0.717, 1.165) is 11.3 Å². The summed E-state index contributed by atoms with van der Waals surface area (Å²) < 4.78 is 5.65. The number of rotatable bonds is 2. The Labute approximate surface area is 223 Å². The van der Waals surface area contributed by atoms with Crippen molar-refractivity contribution >= 4 is 51.0 Å². The average molecular weight is 540 g/mol. The number of ether oxygens (including phenoxy) is 1. The normalized spacial score (nSPS) is 24.6. The largest absolute Gasteiger partial charge is 0.457 e. The van der Waals surface area contributed by atoms with E-state index in [9.17, 15) is 19.2 Å². The van der Waals surface area contributed by atoms with Crippen molar-refractivity contribution in [1.82, 2.24) is 10.6 Å². The molecule has 37 heavy (non-hydrogen) atoms. The number of carbonyl (C=O) groups excluding carboxylic acids is 4. The number of nitrogens with one attached hydrogen (secondary N) is 3. The molecule has 4 rings (SSSR count). The molecule has 3 amide bonds. The summed E-state index contributed by atoms with van der Waals surface area (Å²) in [6, 6.07) is 14.6. The lowest BCUT2D eigenvalue weighted by atomic mass is 10.0. The number of amides is 3. The first-order chi connectivity index (χ1) is 18.0. The van der Waals surface area contributed by atoms with Crippen LogP contribution in [0.15, 0.2) is 66.7 Å². The number of hydrogen-bond acceptors (Lipinski definition) is 7. The molecule has 0 radical (unpaired) electrons. The molecule has 3 unspecified atom stereocenters. The van der Waals surface area contributed by atoms with Crippen LogP contribution >= 0.6 is 21.6 Å². The predicted molar refractivity (Wildman–Crippen MR) is 146 cm³/mol. The monoisotopic (exact) mass is 539 g/mol. The molecule has 3 atom stereocenters. The van der Waals surface area contributed by atoms with Crippen molar-refractivity contribution in [1.29, 1.82) is 0 Å². The van der Waals surface area contributed by atoms with E-state index in [1.165, 1.54) is 10.8 Å². The lowest BCUT2D eigenvalue weighted by Crippen LogP contribution is -2.54. The van der Waals surface area contributed by atoms with E-state index >= 15 is 0 Å². The fourth-order valence-electron chi connectivity index (χ4n) is 4.00. The number of fused-ring (bicyclic) bond motifs is 9. The fraction of sp³-hybridized carbons (Fsp3) is 0.333. The Morgan fingerprint density at radius 1 is 0.919 bits per heavy atom. The first kappa shape index (κ1) is 26.8. The highest BCUT2D eigenvalue weighted by atomic mass is 33.1. The van der Waals surface area contributed by atoms with Crippen LogP contribution in [0.25, 0.3) is 0 Å². The molecule has 2 heterocycles. The zero-order valence-electron chi connectivity index (χ0n) is 20.2. The number of benzene rings is 2. The molecule has 0 fully saturated rings. The quantitative estimate of drug-likeness (QED) is 0.305. The molecule has 2 aliphatic heterocycles. The second kappa shape index (κ2) is 13.3. The minimum absolute atomic E-state index is 0.00182. The number of hydrogen-bond donors (Lipinski definition) is 3. The third kappa shape index (κ3) is 8.40. The second-order valence-electron chi connectivity index (χ2n) is 8.79. The highest BCUT2D eigenvalue weighted by molar-refractivity contribution is 8.76. The summed E-state index contributed by atoms with van der Waals surface area (Å²) in [6.45, 7) is 0. The molecule has 8 nitrogen and oxygen atoms in total. The van der Waals surface area contributed by atoms with Crippen molar-refractivity contribution in [3.05, 3.63) is 77.9 Å². The summed E-state index contributed by atoms with van der Waals surface area (Å²) in [5, 5.41) is 8.51. The molecule has 2 aliphatic rings. The van der Waals surface area contributed by atoms with E-state index in [4.69, 9.17) is 4.74 Å². The van der Waals surface area contributed by atoms with Crippen LogP contribution in [0.4, 0.5) is 5.69 Å². The van der Waals surface area contributed by atoms with Gasteiger partial charge in [0, 0.05) is 23.6 Å². The Kier molecular flexibility index (Phi) is 9.67. The van der Waals surface area contributed by atoms with E-state index in [0.29, 0.717) is 23.4 Å². The average Bonchev–Trinajstić information content (AvgIpc) is 2.86. The molecule has 0 saturated carbocycles. The maximum atomic E-state index is 13.4. The minimum atomic E-state index is -0.912. The van der Waals surface area contributed by atoms with Gasteiger partial charge in [-0.3, -0.25) is 19.2 Å². The second-order valence-corrected chi connectivity index (χ2v) is 11.4. The first-order valence-corrected chi connectivity index (χ1v) is 14.6. The summed E-state index contributed by atoms with van der Waals surface area (Å²) in [5.74, 6) is -0.628. The zero-order chi connectivity index (χ0) is 26.0. The van der Waals surface area contributed by atoms with Crippen LogP contribution in [0, 0.1) is 0 Å². The Bertz CT molecular complexity index is 1160. The molecule has 4 bridgehead atoms. The van der Waals surface area contributed by atoms with Gasteiger partial charge >= 0.3 is 5.97 Å². The van der Waals surface area contributed by atoms with E-state index in [-0.39, 0.29) is 25.2 Å². The van der Waals surface area contributed by atoms with Crippen LogP contribution in [0.3, 0.4) is 0 Å². The number of esters is 1. The number of carbonyl (C=O) groups is 4. The molecular weight excluding hydrogens is 510 g/mol. The number of anilines is 1. The summed E-state index contributed by atoms with van der Waals surface area (Å²) in [4.78, 5) is 52.4. The Morgan fingerprint density at radius 3 is 2.59 bits per heavy atom. The van der Waals surface area contributed by atoms with Gasteiger partial charge in [-0.1, -0.05) is 70.1 Å². The Morgan fingerprint density at radius 2 is 1.76 bits per heavy atom. The van der Waals surface area contributed by atoms with Gasteiger partial charge in [-0.05, 0) is 35.8 Å². The van der Waals surface area contributed by atoms with Crippen molar-refractivity contribution in [3.8, 4) is 0 Å². The third-order valence-electron chi connectivity index (χ3n) is 5.82. The molecule has 0 spiro atoms. The Hall–Kier alpha value is -3.24. The maximum absolute atomic E-state index is 13.4. The van der Waals surface area contributed by atoms with Gasteiger partial charge in [0.15, 0.2) is 0 Å². The zero-order valence-corrected chi connectivity index (χ0v) is 21.8. The van der Waals surface area contributed by atoms with Crippen LogP contribution in [0.1, 0.15) is 24.0 Å². The van der Waals surface area contributed by atoms with Crippen molar-refractivity contribution in [2.24, 2.45) is 0 Å². The standard InChI is InChI=1S/C27H29N3O5S2/c31-24-16-21-11-4-5-12-36-37-17-23(30-26(33)22(29-24)14-18-7-2-1-3-8-18)27(34)28-20-10-6-9-19(13-20)15-25(32)35-21/h1-4,6-11,13,21-23H,5,12,14-17H2,(H,28,34)(H,29,31)(H,30,33)/b11-4+. The molecule has 2 aromatic carbocycles. The lowest BCUT2D eigenvalue weighted by Gasteiger charge is -2.24. The molecule has 2 aromatic rings. The van der Waals surface area contributed by atoms with Gasteiger partial charge < -0.3 is 20.7 Å². The summed E-state index contributed by atoms with van der Waals surface area (Å²) in [5.41, 5.74) is 2.05. The molecular formula is C27H29N3O5S2. The van der Waals surface area contributed by atoms with Crippen molar-refractivity contribution < 1.29 is 23.9 Å². The van der Waals surface area contributed by atoms with Gasteiger partial charge in [0.25, 0.3) is 0 Å². The van der Waals surface area contributed by atoms with Gasteiger partial charge in [0.1, 0.15) is 18.2 Å². The van der Waals surface area contributed by atoms with Crippen molar-refractivity contribution in [2.45, 2.75) is 43.9 Å². The predicted octanol–water partition coefficient (Wildman–Crippen LogP) is 3.04. The van der Waals surface area contributed by atoms with Crippen molar-refractivity contribution in [2.75, 3.05) is 16.8 Å². The SMILES string of the molecule is O=C1CC2/C=C/CCSSCC(NC(=O)C(Cc3ccccc3)N1)C(=O)Nc1cccc(c1)CC(=O)O2. The van der Waals surface area contributed by atoms with E-state index in [1.54, 1.807) is 41.1 Å². The smallest absolute Gasteiger partial charge is 0.310 e.